The molecule has 0 radical (unpaired) electrons. The predicted octanol–water partition coefficient (Wildman–Crippen LogP) is 1.89. The molecular weight excluding hydrogens is 224 g/mol. The van der Waals surface area contributed by atoms with Crippen molar-refractivity contribution < 1.29 is 0 Å². The topological polar surface area (TPSA) is 32.3 Å². The van der Waals surface area contributed by atoms with E-state index in [1.807, 2.05) is 0 Å². The fourth-order valence-electron chi connectivity index (χ4n) is 2.96. The Labute approximate surface area is 109 Å². The lowest BCUT2D eigenvalue weighted by Crippen LogP contribution is -2.29. The maximum Gasteiger partial charge on any atom is 0.225 e. The van der Waals surface area contributed by atoms with Crippen LogP contribution in [-0.4, -0.2) is 48.1 Å². The molecule has 18 heavy (non-hydrogen) atoms. The van der Waals surface area contributed by atoms with Gasteiger partial charge in [-0.3, -0.25) is 0 Å². The van der Waals surface area contributed by atoms with Crippen LogP contribution in [0.5, 0.6) is 0 Å². The lowest BCUT2D eigenvalue weighted by molar-refractivity contribution is 0.255. The second-order valence-electron chi connectivity index (χ2n) is 5.59. The zero-order chi connectivity index (χ0) is 12.4. The van der Waals surface area contributed by atoms with Gasteiger partial charge in [0, 0.05) is 25.5 Å². The molecule has 4 nitrogen and oxygen atoms in total. The maximum atomic E-state index is 4.56. The van der Waals surface area contributed by atoms with Crippen LogP contribution in [0.1, 0.15) is 37.2 Å². The van der Waals surface area contributed by atoms with Gasteiger partial charge in [-0.25, -0.2) is 9.97 Å². The summed E-state index contributed by atoms with van der Waals surface area (Å²) in [5, 5.41) is 0. The number of hydrogen-bond donors (Lipinski definition) is 0. The molecule has 0 saturated carbocycles. The van der Waals surface area contributed by atoms with E-state index >= 15 is 0 Å². The molecule has 1 aromatic heterocycles. The molecule has 98 valence electrons. The van der Waals surface area contributed by atoms with Crippen LogP contribution in [0.3, 0.4) is 0 Å². The Morgan fingerprint density at radius 3 is 2.22 bits per heavy atom. The summed E-state index contributed by atoms with van der Waals surface area (Å²) < 4.78 is 0. The molecular formula is C14H22N4. The molecule has 0 bridgehead atoms. The van der Waals surface area contributed by atoms with E-state index in [2.05, 4.69) is 39.2 Å². The van der Waals surface area contributed by atoms with Crippen molar-refractivity contribution in [2.75, 3.05) is 38.1 Å². The molecule has 3 heterocycles. The van der Waals surface area contributed by atoms with E-state index in [1.165, 1.54) is 44.3 Å². The van der Waals surface area contributed by atoms with Crippen LogP contribution in [0.2, 0.25) is 0 Å². The first kappa shape index (κ1) is 11.9. The number of rotatable bonds is 2. The molecule has 2 aliphatic rings. The van der Waals surface area contributed by atoms with Crippen LogP contribution in [0, 0.1) is 0 Å². The summed E-state index contributed by atoms with van der Waals surface area (Å²) in [6.45, 7) is 4.62. The monoisotopic (exact) mass is 246 g/mol. The fraction of sp³-hybridized carbons (Fsp3) is 0.714. The molecule has 0 amide bonds. The maximum absolute atomic E-state index is 4.56. The van der Waals surface area contributed by atoms with E-state index < -0.39 is 0 Å². The molecule has 0 atom stereocenters. The first-order valence-electron chi connectivity index (χ1n) is 7.08. The summed E-state index contributed by atoms with van der Waals surface area (Å²) >= 11 is 0. The van der Waals surface area contributed by atoms with Crippen molar-refractivity contribution in [2.45, 2.75) is 31.6 Å². The molecule has 3 rings (SSSR count). The molecule has 0 aliphatic carbocycles. The number of hydrogen-bond acceptors (Lipinski definition) is 4. The normalized spacial score (nSPS) is 22.6. The van der Waals surface area contributed by atoms with Crippen molar-refractivity contribution >= 4 is 5.95 Å². The van der Waals surface area contributed by atoms with E-state index in [4.69, 9.17) is 0 Å². The lowest BCUT2D eigenvalue weighted by atomic mass is 9.92. The number of aromatic nitrogens is 2. The summed E-state index contributed by atoms with van der Waals surface area (Å²) in [6, 6.07) is 0. The number of nitrogens with zero attached hydrogens (tertiary/aromatic N) is 4. The Morgan fingerprint density at radius 2 is 1.61 bits per heavy atom. The Hall–Kier alpha value is -1.16. The molecule has 0 aromatic carbocycles. The highest BCUT2D eigenvalue weighted by Crippen LogP contribution is 2.27. The third-order valence-electron chi connectivity index (χ3n) is 4.24. The van der Waals surface area contributed by atoms with Crippen LogP contribution in [0.25, 0.3) is 0 Å². The van der Waals surface area contributed by atoms with E-state index in [0.29, 0.717) is 5.92 Å². The first-order valence-corrected chi connectivity index (χ1v) is 7.08. The van der Waals surface area contributed by atoms with Crippen LogP contribution >= 0.6 is 0 Å². The third-order valence-corrected chi connectivity index (χ3v) is 4.24. The molecule has 0 N–H and O–H groups in total. The largest absolute Gasteiger partial charge is 0.341 e. The van der Waals surface area contributed by atoms with Gasteiger partial charge in [0.05, 0.1) is 0 Å². The molecule has 4 heteroatoms. The van der Waals surface area contributed by atoms with Gasteiger partial charge in [0.2, 0.25) is 5.95 Å². The lowest BCUT2D eigenvalue weighted by Gasteiger charge is -2.29. The highest BCUT2D eigenvalue weighted by Gasteiger charge is 2.20. The highest BCUT2D eigenvalue weighted by atomic mass is 15.3. The standard InChI is InChI=1S/C14H22N4/c1-17-8-4-12(5-9-17)13-10-15-14(16-11-13)18-6-2-3-7-18/h10-12H,2-9H2,1H3. The minimum Gasteiger partial charge on any atom is -0.341 e. The molecule has 2 fully saturated rings. The first-order chi connectivity index (χ1) is 8.83. The van der Waals surface area contributed by atoms with Crippen LogP contribution in [-0.2, 0) is 0 Å². The molecule has 1 aromatic rings. The second-order valence-corrected chi connectivity index (χ2v) is 5.59. The van der Waals surface area contributed by atoms with Crippen molar-refractivity contribution in [3.05, 3.63) is 18.0 Å². The van der Waals surface area contributed by atoms with Gasteiger partial charge in [0.25, 0.3) is 0 Å². The Morgan fingerprint density at radius 1 is 1.00 bits per heavy atom. The van der Waals surface area contributed by atoms with Gasteiger partial charge in [0.15, 0.2) is 0 Å². The average Bonchev–Trinajstić information content (AvgIpc) is 2.94. The van der Waals surface area contributed by atoms with Crippen molar-refractivity contribution in [3.63, 3.8) is 0 Å². The van der Waals surface area contributed by atoms with Gasteiger partial charge < -0.3 is 9.80 Å². The highest BCUT2D eigenvalue weighted by molar-refractivity contribution is 5.31. The van der Waals surface area contributed by atoms with Crippen LogP contribution in [0.4, 0.5) is 5.95 Å². The third kappa shape index (κ3) is 2.48. The van der Waals surface area contributed by atoms with Gasteiger partial charge in [0.1, 0.15) is 0 Å². The van der Waals surface area contributed by atoms with E-state index in [-0.39, 0.29) is 0 Å². The Balaban J connectivity index is 1.67. The van der Waals surface area contributed by atoms with Crippen molar-refractivity contribution in [2.24, 2.45) is 0 Å². The smallest absolute Gasteiger partial charge is 0.225 e. The number of likely N-dealkylation sites (tertiary alicyclic amines) is 1. The van der Waals surface area contributed by atoms with Crippen LogP contribution < -0.4 is 4.90 Å². The summed E-state index contributed by atoms with van der Waals surface area (Å²) in [5.41, 5.74) is 1.33. The average molecular weight is 246 g/mol. The quantitative estimate of drug-likeness (QED) is 0.797. The SMILES string of the molecule is CN1CCC(c2cnc(N3CCCC3)nc2)CC1. The van der Waals surface area contributed by atoms with Crippen LogP contribution in [0.15, 0.2) is 12.4 Å². The number of anilines is 1. The van der Waals surface area contributed by atoms with Gasteiger partial charge in [-0.05, 0) is 57.3 Å². The van der Waals surface area contributed by atoms with E-state index in [0.717, 1.165) is 19.0 Å². The Kier molecular flexibility index (Phi) is 3.46. The Bertz CT molecular complexity index is 375. The number of piperidine rings is 1. The van der Waals surface area contributed by atoms with Gasteiger partial charge in [-0.15, -0.1) is 0 Å². The molecule has 2 saturated heterocycles. The molecule has 0 spiro atoms. The summed E-state index contributed by atoms with van der Waals surface area (Å²) in [5.74, 6) is 1.58. The van der Waals surface area contributed by atoms with Crippen molar-refractivity contribution in [3.8, 4) is 0 Å². The molecule has 2 aliphatic heterocycles. The second kappa shape index (κ2) is 5.22. The van der Waals surface area contributed by atoms with E-state index in [1.54, 1.807) is 0 Å². The predicted molar refractivity (Wildman–Crippen MR) is 73.0 cm³/mol. The van der Waals surface area contributed by atoms with Crippen molar-refractivity contribution in [1.82, 2.24) is 14.9 Å². The zero-order valence-electron chi connectivity index (χ0n) is 11.2. The van der Waals surface area contributed by atoms with Gasteiger partial charge >= 0.3 is 0 Å². The zero-order valence-corrected chi connectivity index (χ0v) is 11.2. The fourth-order valence-corrected chi connectivity index (χ4v) is 2.96. The summed E-state index contributed by atoms with van der Waals surface area (Å²) in [6.07, 6.45) is 9.14. The van der Waals surface area contributed by atoms with Gasteiger partial charge in [-0.1, -0.05) is 0 Å². The van der Waals surface area contributed by atoms with Crippen molar-refractivity contribution in [1.29, 1.82) is 0 Å². The summed E-state index contributed by atoms with van der Waals surface area (Å²) in [7, 11) is 2.20. The molecule has 0 unspecified atom stereocenters. The minimum atomic E-state index is 0.661. The van der Waals surface area contributed by atoms with Gasteiger partial charge in [-0.2, -0.15) is 0 Å². The minimum absolute atomic E-state index is 0.661. The summed E-state index contributed by atoms with van der Waals surface area (Å²) in [4.78, 5) is 13.8. The van der Waals surface area contributed by atoms with E-state index in [9.17, 15) is 0 Å².